The van der Waals surface area contributed by atoms with E-state index in [1.54, 1.807) is 0 Å². The fourth-order valence-corrected chi connectivity index (χ4v) is 3.25. The molecule has 0 saturated carbocycles. The molecule has 1 rings (SSSR count). The van der Waals surface area contributed by atoms with E-state index in [0.717, 1.165) is 0 Å². The number of rotatable bonds is 2. The van der Waals surface area contributed by atoms with Gasteiger partial charge in [-0.3, -0.25) is 0 Å². The van der Waals surface area contributed by atoms with Crippen LogP contribution in [0.4, 0.5) is 0 Å². The number of benzene rings is 1. The second-order valence-electron chi connectivity index (χ2n) is 1.97. The third-order valence-corrected chi connectivity index (χ3v) is 3.84. The van der Waals surface area contributed by atoms with E-state index in [9.17, 15) is 0 Å². The summed E-state index contributed by atoms with van der Waals surface area (Å²) in [6.45, 7) is 2.19. The molecule has 1 aromatic carbocycles. The van der Waals surface area contributed by atoms with Crippen LogP contribution in [0.15, 0.2) is 30.3 Å². The van der Waals surface area contributed by atoms with E-state index in [0.29, 0.717) is 18.7 Å². The normalized spacial score (nSPS) is 13.0. The quantitative estimate of drug-likeness (QED) is 0.564. The predicted octanol–water partition coefficient (Wildman–Crippen LogP) is 1.76. The molecule has 0 aliphatic heterocycles. The Morgan fingerprint density at radius 2 is 1.90 bits per heavy atom. The second-order valence-corrected chi connectivity index (χ2v) is 7.68. The molecule has 0 fully saturated rings. The maximum absolute atomic E-state index is 3.54. The van der Waals surface area contributed by atoms with Crippen LogP contribution in [0.3, 0.4) is 0 Å². The van der Waals surface area contributed by atoms with Crippen LogP contribution in [0.5, 0.6) is 0 Å². The molecule has 0 saturated heterocycles. The average Bonchev–Trinajstić information content (AvgIpc) is 1.88. The van der Waals surface area contributed by atoms with Crippen LogP contribution in [0, 0.1) is 0 Å². The summed E-state index contributed by atoms with van der Waals surface area (Å²) < 4.78 is 2.10. The number of hydrogen-bond donors (Lipinski definition) is 0. The van der Waals surface area contributed by atoms with Crippen LogP contribution in [-0.2, 0) is 0 Å². The number of halogens is 1. The zero-order valence-electron chi connectivity index (χ0n) is 5.75. The van der Waals surface area contributed by atoms with E-state index >= 15 is 0 Å². The van der Waals surface area contributed by atoms with Crippen LogP contribution in [-0.4, -0.2) is 18.7 Å². The molecule has 0 amide bonds. The fraction of sp³-hybridized carbons (Fsp3) is 0.250. The van der Waals surface area contributed by atoms with Gasteiger partial charge >= 0.3 is 76.3 Å². The molecule has 0 N–H and O–H groups in total. The summed E-state index contributed by atoms with van der Waals surface area (Å²) in [5.41, 5.74) is 0. The molecule has 0 bridgehead atoms. The molecule has 0 aromatic heterocycles. The van der Waals surface area contributed by atoms with Gasteiger partial charge < -0.3 is 0 Å². The molecule has 54 valence electrons. The van der Waals surface area contributed by atoms with Crippen LogP contribution >= 0.6 is 15.9 Å². The van der Waals surface area contributed by atoms with Gasteiger partial charge in [0, 0.05) is 0 Å². The maximum atomic E-state index is 3.54. The van der Waals surface area contributed by atoms with Crippen LogP contribution in [0.25, 0.3) is 0 Å². The van der Waals surface area contributed by atoms with Crippen molar-refractivity contribution in [3.8, 4) is 0 Å². The van der Waals surface area contributed by atoms with Gasteiger partial charge in [-0.15, -0.1) is 0 Å². The topological polar surface area (TPSA) is 0 Å². The Labute approximate surface area is 76.3 Å². The van der Waals surface area contributed by atoms with Crippen molar-refractivity contribution in [1.82, 2.24) is 0 Å². The van der Waals surface area contributed by atoms with Gasteiger partial charge in [-0.1, -0.05) is 0 Å². The van der Waals surface area contributed by atoms with Crippen LogP contribution in [0.2, 0.25) is 0 Å². The van der Waals surface area contributed by atoms with Crippen molar-refractivity contribution >= 4 is 35.3 Å². The monoisotopic (exact) mass is 264 g/mol. The van der Waals surface area contributed by atoms with Gasteiger partial charge in [0.15, 0.2) is 0 Å². The Hall–Kier alpha value is 0.219. The van der Waals surface area contributed by atoms with Crippen molar-refractivity contribution in [1.29, 1.82) is 0 Å². The van der Waals surface area contributed by atoms with Crippen molar-refractivity contribution in [2.24, 2.45) is 0 Å². The Bertz CT molecular complexity index is 184. The standard InChI is InChI=1S/C8H9BrSe/c1-7(9)10-8-5-3-2-4-6-8/h2-7H,1H3. The minimum atomic E-state index is 0.585. The molecule has 0 aliphatic carbocycles. The molecule has 0 radical (unpaired) electrons. The summed E-state index contributed by atoms with van der Waals surface area (Å²) in [5.74, 6) is 0. The summed E-state index contributed by atoms with van der Waals surface area (Å²) in [6, 6.07) is 10.6. The Morgan fingerprint density at radius 1 is 1.30 bits per heavy atom. The van der Waals surface area contributed by atoms with Crippen LogP contribution < -0.4 is 4.46 Å². The van der Waals surface area contributed by atoms with E-state index in [-0.39, 0.29) is 0 Å². The Kier molecular flexibility index (Phi) is 3.47. The zero-order valence-corrected chi connectivity index (χ0v) is 9.05. The molecular formula is C8H9BrSe. The molecule has 0 spiro atoms. The predicted molar refractivity (Wildman–Crippen MR) is 50.2 cm³/mol. The third-order valence-electron chi connectivity index (χ3n) is 1.04. The van der Waals surface area contributed by atoms with Gasteiger partial charge in [-0.25, -0.2) is 0 Å². The van der Waals surface area contributed by atoms with Crippen LogP contribution in [0.1, 0.15) is 6.92 Å². The van der Waals surface area contributed by atoms with Gasteiger partial charge in [0.05, 0.1) is 0 Å². The van der Waals surface area contributed by atoms with Crippen molar-refractivity contribution in [3.63, 3.8) is 0 Å². The molecule has 0 heterocycles. The second kappa shape index (κ2) is 4.17. The summed E-state index contributed by atoms with van der Waals surface area (Å²) >= 11 is 4.12. The van der Waals surface area contributed by atoms with Crippen molar-refractivity contribution < 1.29 is 0 Å². The summed E-state index contributed by atoms with van der Waals surface area (Å²) in [6.07, 6.45) is 0. The molecule has 2 heteroatoms. The van der Waals surface area contributed by atoms with Gasteiger partial charge in [-0.2, -0.15) is 0 Å². The molecular weight excluding hydrogens is 255 g/mol. The van der Waals surface area contributed by atoms with Crippen molar-refractivity contribution in [2.45, 2.75) is 10.6 Å². The molecule has 1 atom stereocenters. The Morgan fingerprint density at radius 3 is 2.40 bits per heavy atom. The molecule has 10 heavy (non-hydrogen) atoms. The fourth-order valence-electron chi connectivity index (χ4n) is 0.687. The first-order valence-electron chi connectivity index (χ1n) is 3.15. The molecule has 0 aliphatic rings. The van der Waals surface area contributed by atoms with E-state index in [1.807, 2.05) is 0 Å². The van der Waals surface area contributed by atoms with Gasteiger partial charge in [-0.05, 0) is 0 Å². The number of hydrogen-bond acceptors (Lipinski definition) is 0. The SMILES string of the molecule is CC(Br)[Se]c1ccccc1. The zero-order chi connectivity index (χ0) is 7.40. The average molecular weight is 264 g/mol. The van der Waals surface area contributed by atoms with E-state index < -0.39 is 0 Å². The first-order chi connectivity index (χ1) is 4.79. The molecule has 1 unspecified atom stereocenters. The third kappa shape index (κ3) is 2.87. The number of alkyl halides is 1. The van der Waals surface area contributed by atoms with Crippen molar-refractivity contribution in [2.75, 3.05) is 0 Å². The van der Waals surface area contributed by atoms with Crippen molar-refractivity contribution in [3.05, 3.63) is 30.3 Å². The van der Waals surface area contributed by atoms with Gasteiger partial charge in [0.25, 0.3) is 0 Å². The first-order valence-corrected chi connectivity index (χ1v) is 5.91. The summed E-state index contributed by atoms with van der Waals surface area (Å²) in [5, 5.41) is 0. The summed E-state index contributed by atoms with van der Waals surface area (Å²) in [7, 11) is 0. The molecule has 0 nitrogen and oxygen atoms in total. The first kappa shape index (κ1) is 8.32. The van der Waals surface area contributed by atoms with E-state index in [2.05, 4.69) is 53.2 Å². The molecule has 1 aromatic rings. The van der Waals surface area contributed by atoms with E-state index in [1.165, 1.54) is 4.46 Å². The Balaban J connectivity index is 2.59. The van der Waals surface area contributed by atoms with E-state index in [4.69, 9.17) is 0 Å². The summed E-state index contributed by atoms with van der Waals surface area (Å²) in [4.78, 5) is 0. The van der Waals surface area contributed by atoms with Gasteiger partial charge in [0.2, 0.25) is 0 Å². The minimum absolute atomic E-state index is 0.585. The van der Waals surface area contributed by atoms with Gasteiger partial charge in [0.1, 0.15) is 0 Å².